The molecule has 0 radical (unpaired) electrons. The van der Waals surface area contributed by atoms with Crippen LogP contribution in [0.25, 0.3) is 5.69 Å². The molecule has 2 aromatic rings. The van der Waals surface area contributed by atoms with Gasteiger partial charge in [-0.25, -0.2) is 9.67 Å². The average molecular weight is 249 g/mol. The van der Waals surface area contributed by atoms with Crippen molar-refractivity contribution in [1.29, 1.82) is 0 Å². The first-order chi connectivity index (χ1) is 8.40. The molecule has 0 unspecified atom stereocenters. The van der Waals surface area contributed by atoms with Crippen LogP contribution in [-0.2, 0) is 4.74 Å². The second-order valence-electron chi connectivity index (χ2n) is 3.50. The molecule has 2 rings (SSSR count). The van der Waals surface area contributed by atoms with Crippen LogP contribution in [0.4, 0.5) is 0 Å². The first-order valence-electron chi connectivity index (χ1n) is 5.49. The number of benzene rings is 1. The normalized spacial score (nSPS) is 10.6. The Morgan fingerprint density at radius 2 is 2.12 bits per heavy atom. The highest BCUT2D eigenvalue weighted by atomic mass is 32.2. The summed E-state index contributed by atoms with van der Waals surface area (Å²) in [5.74, 6) is 0.979. The van der Waals surface area contributed by atoms with E-state index in [2.05, 4.69) is 10.1 Å². The third-order valence-corrected chi connectivity index (χ3v) is 3.15. The van der Waals surface area contributed by atoms with E-state index in [1.807, 2.05) is 30.3 Å². The van der Waals surface area contributed by atoms with Gasteiger partial charge in [0, 0.05) is 19.5 Å². The van der Waals surface area contributed by atoms with E-state index in [9.17, 15) is 0 Å². The standard InChI is InChI=1S/C12H15N3OS/c1-16-8-5-9-17-12-13-10-15(14-12)11-6-3-2-4-7-11/h2-4,6-7,10H,5,8-9H2,1H3. The van der Waals surface area contributed by atoms with Crippen molar-refractivity contribution in [2.45, 2.75) is 11.6 Å². The maximum atomic E-state index is 4.99. The van der Waals surface area contributed by atoms with Crippen molar-refractivity contribution in [3.8, 4) is 5.69 Å². The number of para-hydroxylation sites is 1. The lowest BCUT2D eigenvalue weighted by atomic mass is 10.3. The fourth-order valence-electron chi connectivity index (χ4n) is 1.39. The number of rotatable bonds is 6. The minimum absolute atomic E-state index is 0.784. The zero-order valence-electron chi connectivity index (χ0n) is 9.74. The lowest BCUT2D eigenvalue weighted by Crippen LogP contribution is -1.94. The number of nitrogens with zero attached hydrogens (tertiary/aromatic N) is 3. The fraction of sp³-hybridized carbons (Fsp3) is 0.333. The molecule has 1 aromatic carbocycles. The Morgan fingerprint density at radius 1 is 1.29 bits per heavy atom. The SMILES string of the molecule is COCCCSc1ncn(-c2ccccc2)n1. The minimum Gasteiger partial charge on any atom is -0.385 e. The number of aromatic nitrogens is 3. The van der Waals surface area contributed by atoms with Crippen molar-refractivity contribution < 1.29 is 4.74 Å². The van der Waals surface area contributed by atoms with Gasteiger partial charge in [0.1, 0.15) is 6.33 Å². The second kappa shape index (κ2) is 6.42. The van der Waals surface area contributed by atoms with Gasteiger partial charge >= 0.3 is 0 Å². The van der Waals surface area contributed by atoms with E-state index in [1.165, 1.54) is 0 Å². The van der Waals surface area contributed by atoms with E-state index in [1.54, 1.807) is 29.9 Å². The fourth-order valence-corrected chi connectivity index (χ4v) is 2.10. The lowest BCUT2D eigenvalue weighted by Gasteiger charge is -1.98. The van der Waals surface area contributed by atoms with Gasteiger partial charge in [-0.2, -0.15) is 0 Å². The van der Waals surface area contributed by atoms with Gasteiger partial charge in [0.2, 0.25) is 5.16 Å². The highest BCUT2D eigenvalue weighted by Crippen LogP contribution is 2.14. The maximum Gasteiger partial charge on any atom is 0.208 e. The van der Waals surface area contributed by atoms with Crippen LogP contribution in [0, 0.1) is 0 Å². The summed E-state index contributed by atoms with van der Waals surface area (Å²) >= 11 is 1.65. The van der Waals surface area contributed by atoms with Crippen LogP contribution < -0.4 is 0 Å². The van der Waals surface area contributed by atoms with Crippen LogP contribution in [0.3, 0.4) is 0 Å². The summed E-state index contributed by atoms with van der Waals surface area (Å²) in [5, 5.41) is 5.22. The van der Waals surface area contributed by atoms with E-state index in [4.69, 9.17) is 4.74 Å². The summed E-state index contributed by atoms with van der Waals surface area (Å²) in [6.07, 6.45) is 2.76. The Bertz CT molecular complexity index is 444. The Labute approximate surface area is 105 Å². The molecule has 0 amide bonds. The molecule has 0 N–H and O–H groups in total. The summed E-state index contributed by atoms with van der Waals surface area (Å²) in [6.45, 7) is 0.784. The molecule has 4 nitrogen and oxygen atoms in total. The quantitative estimate of drug-likeness (QED) is 0.582. The zero-order chi connectivity index (χ0) is 11.9. The summed E-state index contributed by atoms with van der Waals surface area (Å²) in [4.78, 5) is 4.26. The molecule has 17 heavy (non-hydrogen) atoms. The largest absolute Gasteiger partial charge is 0.385 e. The van der Waals surface area contributed by atoms with Crippen LogP contribution in [0.1, 0.15) is 6.42 Å². The van der Waals surface area contributed by atoms with E-state index in [0.717, 1.165) is 29.6 Å². The molecule has 5 heteroatoms. The second-order valence-corrected chi connectivity index (χ2v) is 4.56. The van der Waals surface area contributed by atoms with Crippen molar-refractivity contribution in [2.24, 2.45) is 0 Å². The van der Waals surface area contributed by atoms with Crippen molar-refractivity contribution in [3.05, 3.63) is 36.7 Å². The molecule has 0 saturated carbocycles. The van der Waals surface area contributed by atoms with Gasteiger partial charge in [-0.1, -0.05) is 30.0 Å². The van der Waals surface area contributed by atoms with Crippen molar-refractivity contribution in [2.75, 3.05) is 19.5 Å². The van der Waals surface area contributed by atoms with Crippen LogP contribution in [-0.4, -0.2) is 34.2 Å². The Hall–Kier alpha value is -1.33. The first kappa shape index (κ1) is 12.1. The number of ether oxygens (including phenoxy) is 1. The predicted octanol–water partition coefficient (Wildman–Crippen LogP) is 2.40. The number of methoxy groups -OCH3 is 1. The predicted molar refractivity (Wildman–Crippen MR) is 68.6 cm³/mol. The number of hydrogen-bond acceptors (Lipinski definition) is 4. The molecule has 0 aliphatic heterocycles. The molecule has 0 saturated heterocycles. The van der Waals surface area contributed by atoms with Crippen LogP contribution >= 0.6 is 11.8 Å². The van der Waals surface area contributed by atoms with E-state index >= 15 is 0 Å². The molecule has 1 heterocycles. The van der Waals surface area contributed by atoms with Gasteiger partial charge in [0.05, 0.1) is 5.69 Å². The summed E-state index contributed by atoms with van der Waals surface area (Å²) in [7, 11) is 1.72. The van der Waals surface area contributed by atoms with Gasteiger partial charge in [0.25, 0.3) is 0 Å². The Morgan fingerprint density at radius 3 is 2.88 bits per heavy atom. The Kier molecular flexibility index (Phi) is 4.58. The summed E-state index contributed by atoms with van der Waals surface area (Å²) in [5.41, 5.74) is 1.03. The van der Waals surface area contributed by atoms with E-state index < -0.39 is 0 Å². The van der Waals surface area contributed by atoms with Gasteiger partial charge in [-0.05, 0) is 18.6 Å². The first-order valence-corrected chi connectivity index (χ1v) is 6.47. The smallest absolute Gasteiger partial charge is 0.208 e. The topological polar surface area (TPSA) is 39.9 Å². The highest BCUT2D eigenvalue weighted by molar-refractivity contribution is 7.99. The van der Waals surface area contributed by atoms with E-state index in [-0.39, 0.29) is 0 Å². The monoisotopic (exact) mass is 249 g/mol. The number of hydrogen-bond donors (Lipinski definition) is 0. The molecular weight excluding hydrogens is 234 g/mol. The van der Waals surface area contributed by atoms with Gasteiger partial charge < -0.3 is 4.74 Å². The van der Waals surface area contributed by atoms with Gasteiger partial charge in [-0.3, -0.25) is 0 Å². The average Bonchev–Trinajstić information content (AvgIpc) is 2.85. The summed E-state index contributed by atoms with van der Waals surface area (Å²) < 4.78 is 6.79. The van der Waals surface area contributed by atoms with Crippen molar-refractivity contribution in [1.82, 2.24) is 14.8 Å². The highest BCUT2D eigenvalue weighted by Gasteiger charge is 2.02. The number of thioether (sulfide) groups is 1. The molecule has 0 aliphatic carbocycles. The summed E-state index contributed by atoms with van der Waals surface area (Å²) in [6, 6.07) is 9.98. The van der Waals surface area contributed by atoms with Crippen LogP contribution in [0.5, 0.6) is 0 Å². The lowest BCUT2D eigenvalue weighted by molar-refractivity contribution is 0.200. The maximum absolute atomic E-state index is 4.99. The third-order valence-electron chi connectivity index (χ3n) is 2.22. The molecule has 1 aromatic heterocycles. The van der Waals surface area contributed by atoms with E-state index in [0.29, 0.717) is 0 Å². The minimum atomic E-state index is 0.784. The Balaban J connectivity index is 1.92. The molecule has 90 valence electrons. The van der Waals surface area contributed by atoms with Gasteiger partial charge in [-0.15, -0.1) is 5.10 Å². The molecule has 0 bridgehead atoms. The van der Waals surface area contributed by atoms with Crippen molar-refractivity contribution in [3.63, 3.8) is 0 Å². The molecular formula is C12H15N3OS. The van der Waals surface area contributed by atoms with Gasteiger partial charge in [0.15, 0.2) is 0 Å². The third kappa shape index (κ3) is 3.57. The van der Waals surface area contributed by atoms with Crippen molar-refractivity contribution >= 4 is 11.8 Å². The van der Waals surface area contributed by atoms with Crippen LogP contribution in [0.15, 0.2) is 41.8 Å². The molecule has 0 fully saturated rings. The molecule has 0 atom stereocenters. The van der Waals surface area contributed by atoms with Crippen LogP contribution in [0.2, 0.25) is 0 Å². The molecule has 0 aliphatic rings. The molecule has 0 spiro atoms. The zero-order valence-corrected chi connectivity index (χ0v) is 10.6.